The molecule has 0 bridgehead atoms. The van der Waals surface area contributed by atoms with Gasteiger partial charge in [0.05, 0.1) is 40.6 Å². The SMILES string of the molecule is COc1ccc(-c2nc3ccccc3nc2-c2ccc(-n3c4ccc(Br)cc4c4cc(Br)ccc43)cc2)cc1. The molecular weight excluding hydrogens is 614 g/mol. The zero-order chi connectivity index (χ0) is 26.5. The van der Waals surface area contributed by atoms with Gasteiger partial charge in [0.2, 0.25) is 0 Å². The number of hydrogen-bond acceptors (Lipinski definition) is 3. The van der Waals surface area contributed by atoms with Gasteiger partial charge in [0.15, 0.2) is 0 Å². The smallest absolute Gasteiger partial charge is 0.118 e. The van der Waals surface area contributed by atoms with Crippen molar-refractivity contribution in [2.24, 2.45) is 0 Å². The maximum absolute atomic E-state index is 5.37. The minimum atomic E-state index is 0.809. The number of halogens is 2. The molecule has 0 atom stereocenters. The van der Waals surface area contributed by atoms with Crippen LogP contribution in [-0.4, -0.2) is 21.6 Å². The van der Waals surface area contributed by atoms with Crippen molar-refractivity contribution in [3.63, 3.8) is 0 Å². The summed E-state index contributed by atoms with van der Waals surface area (Å²) in [4.78, 5) is 10.1. The third kappa shape index (κ3) is 4.20. The van der Waals surface area contributed by atoms with Crippen LogP contribution in [0.5, 0.6) is 5.75 Å². The Hall–Kier alpha value is -4.00. The predicted molar refractivity (Wildman–Crippen MR) is 167 cm³/mol. The summed E-state index contributed by atoms with van der Waals surface area (Å²) in [5.74, 6) is 0.809. The fourth-order valence-electron chi connectivity index (χ4n) is 5.17. The Kier molecular flexibility index (Phi) is 5.94. The minimum Gasteiger partial charge on any atom is -0.497 e. The minimum absolute atomic E-state index is 0.809. The van der Waals surface area contributed by atoms with Crippen LogP contribution in [0.2, 0.25) is 0 Å². The van der Waals surface area contributed by atoms with E-state index in [1.165, 1.54) is 10.8 Å². The highest BCUT2D eigenvalue weighted by atomic mass is 79.9. The van der Waals surface area contributed by atoms with E-state index in [0.717, 1.165) is 65.0 Å². The molecule has 0 saturated carbocycles. The highest BCUT2D eigenvalue weighted by molar-refractivity contribution is 9.10. The monoisotopic (exact) mass is 633 g/mol. The molecule has 0 fully saturated rings. The number of fused-ring (bicyclic) bond motifs is 4. The Morgan fingerprint density at radius 1 is 0.590 bits per heavy atom. The normalized spacial score (nSPS) is 11.5. The average molecular weight is 635 g/mol. The molecule has 0 aliphatic carbocycles. The molecule has 0 N–H and O–H groups in total. The molecule has 2 aromatic heterocycles. The van der Waals surface area contributed by atoms with E-state index in [2.05, 4.69) is 97.1 Å². The van der Waals surface area contributed by atoms with Crippen LogP contribution in [0.3, 0.4) is 0 Å². The molecule has 188 valence electrons. The quantitative estimate of drug-likeness (QED) is 0.194. The second-order valence-corrected chi connectivity index (χ2v) is 11.2. The molecule has 0 unspecified atom stereocenters. The van der Waals surface area contributed by atoms with E-state index in [9.17, 15) is 0 Å². The lowest BCUT2D eigenvalue weighted by Gasteiger charge is -2.13. The molecule has 39 heavy (non-hydrogen) atoms. The maximum atomic E-state index is 5.37. The van der Waals surface area contributed by atoms with Crippen LogP contribution in [0.25, 0.3) is 61.0 Å². The Morgan fingerprint density at radius 2 is 1.08 bits per heavy atom. The van der Waals surface area contributed by atoms with E-state index in [0.29, 0.717) is 0 Å². The molecular formula is C33H21Br2N3O. The zero-order valence-electron chi connectivity index (χ0n) is 20.9. The van der Waals surface area contributed by atoms with Crippen LogP contribution < -0.4 is 4.74 Å². The van der Waals surface area contributed by atoms with Gasteiger partial charge in [0.25, 0.3) is 0 Å². The fourth-order valence-corrected chi connectivity index (χ4v) is 5.89. The number of para-hydroxylation sites is 2. The van der Waals surface area contributed by atoms with Crippen molar-refractivity contribution in [3.05, 3.63) is 118 Å². The molecule has 6 heteroatoms. The molecule has 4 nitrogen and oxygen atoms in total. The number of hydrogen-bond donors (Lipinski definition) is 0. The lowest BCUT2D eigenvalue weighted by molar-refractivity contribution is 0.415. The molecule has 7 rings (SSSR count). The summed E-state index contributed by atoms with van der Waals surface area (Å²) in [5.41, 5.74) is 8.82. The van der Waals surface area contributed by atoms with Crippen LogP contribution in [0, 0.1) is 0 Å². The number of nitrogens with zero attached hydrogens (tertiary/aromatic N) is 3. The van der Waals surface area contributed by atoms with Gasteiger partial charge in [-0.05, 0) is 84.9 Å². The Labute approximate surface area is 242 Å². The third-order valence-corrected chi connectivity index (χ3v) is 8.01. The van der Waals surface area contributed by atoms with E-state index in [-0.39, 0.29) is 0 Å². The molecule has 0 spiro atoms. The van der Waals surface area contributed by atoms with Gasteiger partial charge in [-0.2, -0.15) is 0 Å². The maximum Gasteiger partial charge on any atom is 0.118 e. The first-order chi connectivity index (χ1) is 19.1. The van der Waals surface area contributed by atoms with Gasteiger partial charge in [-0.15, -0.1) is 0 Å². The van der Waals surface area contributed by atoms with Crippen molar-refractivity contribution in [2.75, 3.05) is 7.11 Å². The van der Waals surface area contributed by atoms with E-state index < -0.39 is 0 Å². The zero-order valence-corrected chi connectivity index (χ0v) is 24.1. The van der Waals surface area contributed by atoms with Crippen LogP contribution >= 0.6 is 31.9 Å². The van der Waals surface area contributed by atoms with Crippen LogP contribution in [0.4, 0.5) is 0 Å². The summed E-state index contributed by atoms with van der Waals surface area (Å²) in [5, 5.41) is 2.40. The molecule has 0 aliphatic rings. The number of aromatic nitrogens is 3. The summed E-state index contributed by atoms with van der Waals surface area (Å²) in [7, 11) is 1.67. The average Bonchev–Trinajstić information content (AvgIpc) is 3.29. The van der Waals surface area contributed by atoms with Gasteiger partial charge in [0, 0.05) is 36.5 Å². The molecule has 0 amide bonds. The molecule has 5 aromatic carbocycles. The van der Waals surface area contributed by atoms with Crippen molar-refractivity contribution in [1.82, 2.24) is 14.5 Å². The molecule has 0 radical (unpaired) electrons. The first-order valence-corrected chi connectivity index (χ1v) is 14.1. The third-order valence-electron chi connectivity index (χ3n) is 7.02. The van der Waals surface area contributed by atoms with Gasteiger partial charge < -0.3 is 9.30 Å². The van der Waals surface area contributed by atoms with Gasteiger partial charge in [-0.1, -0.05) is 56.1 Å². The molecule has 7 aromatic rings. The van der Waals surface area contributed by atoms with Crippen LogP contribution in [0.1, 0.15) is 0 Å². The van der Waals surface area contributed by atoms with Crippen LogP contribution in [0.15, 0.2) is 118 Å². The lowest BCUT2D eigenvalue weighted by atomic mass is 10.0. The van der Waals surface area contributed by atoms with Crippen molar-refractivity contribution < 1.29 is 4.74 Å². The number of rotatable bonds is 4. The lowest BCUT2D eigenvalue weighted by Crippen LogP contribution is -1.97. The fraction of sp³-hybridized carbons (Fsp3) is 0.0303. The topological polar surface area (TPSA) is 39.9 Å². The summed E-state index contributed by atoms with van der Waals surface area (Å²) < 4.78 is 9.80. The largest absolute Gasteiger partial charge is 0.497 e. The Balaban J connectivity index is 1.40. The summed E-state index contributed by atoms with van der Waals surface area (Å²) >= 11 is 7.30. The van der Waals surface area contributed by atoms with Gasteiger partial charge in [-0.3, -0.25) is 0 Å². The second-order valence-electron chi connectivity index (χ2n) is 9.34. The molecule has 2 heterocycles. The first-order valence-electron chi connectivity index (χ1n) is 12.5. The van der Waals surface area contributed by atoms with Crippen molar-refractivity contribution >= 4 is 64.7 Å². The van der Waals surface area contributed by atoms with Crippen molar-refractivity contribution in [2.45, 2.75) is 0 Å². The Morgan fingerprint density at radius 3 is 1.56 bits per heavy atom. The van der Waals surface area contributed by atoms with Crippen molar-refractivity contribution in [1.29, 1.82) is 0 Å². The molecule has 0 saturated heterocycles. The van der Waals surface area contributed by atoms with E-state index >= 15 is 0 Å². The van der Waals surface area contributed by atoms with Gasteiger partial charge in [-0.25, -0.2) is 9.97 Å². The van der Waals surface area contributed by atoms with Gasteiger partial charge in [0.1, 0.15) is 5.75 Å². The second kappa shape index (κ2) is 9.63. The number of ether oxygens (including phenoxy) is 1. The standard InChI is InChI=1S/C33H21Br2N3O/c1-39-25-14-8-21(9-15-25)33-32(36-28-4-2-3-5-29(28)37-33)20-6-12-24(13-7-20)38-30-16-10-22(34)18-26(30)27-19-23(35)11-17-31(27)38/h2-19H,1H3. The first kappa shape index (κ1) is 24.1. The summed E-state index contributed by atoms with van der Waals surface area (Å²) in [6.07, 6.45) is 0. The summed E-state index contributed by atoms with van der Waals surface area (Å²) in [6, 6.07) is 37.4. The van der Waals surface area contributed by atoms with E-state index in [4.69, 9.17) is 14.7 Å². The Bertz CT molecular complexity index is 1950. The number of benzene rings is 5. The highest BCUT2D eigenvalue weighted by Crippen LogP contribution is 2.37. The van der Waals surface area contributed by atoms with E-state index in [1.54, 1.807) is 7.11 Å². The summed E-state index contributed by atoms with van der Waals surface area (Å²) in [6.45, 7) is 0. The predicted octanol–water partition coefficient (Wildman–Crippen LogP) is 9.59. The molecule has 0 aliphatic heterocycles. The van der Waals surface area contributed by atoms with Crippen molar-refractivity contribution in [3.8, 4) is 34.0 Å². The van der Waals surface area contributed by atoms with Crippen LogP contribution in [-0.2, 0) is 0 Å². The van der Waals surface area contributed by atoms with Gasteiger partial charge >= 0.3 is 0 Å². The number of methoxy groups -OCH3 is 1. The van der Waals surface area contributed by atoms with E-state index in [1.807, 2.05) is 48.5 Å². The highest BCUT2D eigenvalue weighted by Gasteiger charge is 2.16.